The Bertz CT molecular complexity index is 1190. The number of hydrogen-bond acceptors (Lipinski definition) is 5. The number of carbonyl (C=O) groups excluding carboxylic acids is 1. The molecule has 0 aliphatic rings. The van der Waals surface area contributed by atoms with E-state index in [1.54, 1.807) is 50.6 Å². The predicted octanol–water partition coefficient (Wildman–Crippen LogP) is 4.26. The summed E-state index contributed by atoms with van der Waals surface area (Å²) in [5.74, 6) is 1.04. The summed E-state index contributed by atoms with van der Waals surface area (Å²) >= 11 is 0. The lowest BCUT2D eigenvalue weighted by atomic mass is 10.2. The van der Waals surface area contributed by atoms with E-state index in [-0.39, 0.29) is 5.91 Å². The largest absolute Gasteiger partial charge is 0.493 e. The molecule has 0 heterocycles. The first-order valence-electron chi connectivity index (χ1n) is 10.3. The quantitative estimate of drug-likeness (QED) is 0.483. The smallest absolute Gasteiger partial charge is 0.255 e. The number of benzene rings is 3. The molecule has 0 saturated carbocycles. The number of para-hydroxylation sites is 2. The highest BCUT2D eigenvalue weighted by molar-refractivity contribution is 7.95. The van der Waals surface area contributed by atoms with Gasteiger partial charge in [0.1, 0.15) is 6.61 Å². The Kier molecular flexibility index (Phi) is 8.10. The molecular formula is C25H26N2O5S. The van der Waals surface area contributed by atoms with Crippen LogP contribution >= 0.6 is 0 Å². The second kappa shape index (κ2) is 11.2. The summed E-state index contributed by atoms with van der Waals surface area (Å²) < 4.78 is 38.0. The Balaban J connectivity index is 1.54. The number of nitrogens with zero attached hydrogens (tertiary/aromatic N) is 1. The number of sulfonamides is 1. The van der Waals surface area contributed by atoms with E-state index in [0.29, 0.717) is 35.9 Å². The molecule has 0 fully saturated rings. The Morgan fingerprint density at radius 3 is 2.24 bits per heavy atom. The molecule has 33 heavy (non-hydrogen) atoms. The van der Waals surface area contributed by atoms with E-state index in [0.717, 1.165) is 11.0 Å². The fourth-order valence-corrected chi connectivity index (χ4v) is 3.83. The van der Waals surface area contributed by atoms with E-state index < -0.39 is 10.0 Å². The molecule has 0 radical (unpaired) electrons. The molecule has 1 N–H and O–H groups in total. The van der Waals surface area contributed by atoms with Gasteiger partial charge >= 0.3 is 0 Å². The number of methoxy groups -OCH3 is 1. The van der Waals surface area contributed by atoms with Crippen molar-refractivity contribution in [3.63, 3.8) is 0 Å². The van der Waals surface area contributed by atoms with Gasteiger partial charge in [0.2, 0.25) is 0 Å². The zero-order valence-electron chi connectivity index (χ0n) is 18.5. The number of carbonyl (C=O) groups is 1. The molecule has 1 amide bonds. The van der Waals surface area contributed by atoms with E-state index >= 15 is 0 Å². The van der Waals surface area contributed by atoms with E-state index in [1.165, 1.54) is 11.0 Å². The van der Waals surface area contributed by atoms with Crippen LogP contribution in [-0.4, -0.2) is 46.5 Å². The van der Waals surface area contributed by atoms with Crippen molar-refractivity contribution in [1.82, 2.24) is 4.90 Å². The fraction of sp³-hybridized carbons (Fsp3) is 0.160. The van der Waals surface area contributed by atoms with Crippen molar-refractivity contribution in [2.75, 3.05) is 32.0 Å². The minimum absolute atomic E-state index is 0.197. The highest BCUT2D eigenvalue weighted by Gasteiger charge is 2.13. The summed E-state index contributed by atoms with van der Waals surface area (Å²) in [5.41, 5.74) is 1.59. The standard InChI is InChI=1S/C25H26N2O5S/c1-27(17-18-32-24-11-7-6-10-23(24)31-2)25(28)21-12-14-22(15-13-21)26-33(29,30)19-16-20-8-4-3-5-9-20/h3-16,19,26H,17-18H2,1-2H3. The lowest BCUT2D eigenvalue weighted by molar-refractivity contribution is 0.0773. The first-order chi connectivity index (χ1) is 15.9. The van der Waals surface area contributed by atoms with Gasteiger partial charge in [-0.3, -0.25) is 9.52 Å². The predicted molar refractivity (Wildman–Crippen MR) is 130 cm³/mol. The van der Waals surface area contributed by atoms with Crippen LogP contribution in [0.1, 0.15) is 15.9 Å². The third-order valence-corrected chi connectivity index (χ3v) is 5.75. The summed E-state index contributed by atoms with van der Waals surface area (Å²) in [5, 5.41) is 1.11. The van der Waals surface area contributed by atoms with Crippen LogP contribution < -0.4 is 14.2 Å². The van der Waals surface area contributed by atoms with Crippen molar-refractivity contribution in [3.05, 3.63) is 95.4 Å². The fourth-order valence-electron chi connectivity index (χ4n) is 2.96. The van der Waals surface area contributed by atoms with Gasteiger partial charge in [-0.25, -0.2) is 8.42 Å². The van der Waals surface area contributed by atoms with Gasteiger partial charge in [-0.05, 0) is 48.0 Å². The SMILES string of the molecule is COc1ccccc1OCCN(C)C(=O)c1ccc(NS(=O)(=O)C=Cc2ccccc2)cc1. The monoisotopic (exact) mass is 466 g/mol. The molecular weight excluding hydrogens is 440 g/mol. The molecule has 0 aliphatic heterocycles. The van der Waals surface area contributed by atoms with Crippen molar-refractivity contribution < 1.29 is 22.7 Å². The van der Waals surface area contributed by atoms with Crippen molar-refractivity contribution >= 4 is 27.7 Å². The van der Waals surface area contributed by atoms with E-state index in [9.17, 15) is 13.2 Å². The minimum atomic E-state index is -3.68. The van der Waals surface area contributed by atoms with Gasteiger partial charge in [0.25, 0.3) is 15.9 Å². The average Bonchev–Trinajstić information content (AvgIpc) is 2.83. The summed E-state index contributed by atoms with van der Waals surface area (Å²) in [6.45, 7) is 0.670. The Morgan fingerprint density at radius 2 is 1.58 bits per heavy atom. The number of anilines is 1. The zero-order chi connectivity index (χ0) is 23.7. The van der Waals surface area contributed by atoms with Gasteiger partial charge in [0, 0.05) is 18.3 Å². The molecule has 8 heteroatoms. The molecule has 0 atom stereocenters. The second-order valence-electron chi connectivity index (χ2n) is 7.16. The number of nitrogens with one attached hydrogen (secondary N) is 1. The lowest BCUT2D eigenvalue weighted by Crippen LogP contribution is -2.30. The molecule has 0 bridgehead atoms. The number of hydrogen-bond donors (Lipinski definition) is 1. The van der Waals surface area contributed by atoms with Gasteiger partial charge in [0.05, 0.1) is 19.1 Å². The van der Waals surface area contributed by atoms with Crippen LogP contribution in [0.4, 0.5) is 5.69 Å². The molecule has 0 aliphatic carbocycles. The maximum atomic E-state index is 12.7. The zero-order valence-corrected chi connectivity index (χ0v) is 19.3. The molecule has 0 unspecified atom stereocenters. The summed E-state index contributed by atoms with van der Waals surface area (Å²) in [6, 6.07) is 22.7. The Morgan fingerprint density at radius 1 is 0.939 bits per heavy atom. The molecule has 172 valence electrons. The van der Waals surface area contributed by atoms with E-state index in [4.69, 9.17) is 9.47 Å². The maximum absolute atomic E-state index is 12.7. The summed E-state index contributed by atoms with van der Waals surface area (Å²) in [4.78, 5) is 14.2. The van der Waals surface area contributed by atoms with Gasteiger partial charge in [-0.2, -0.15) is 0 Å². The van der Waals surface area contributed by atoms with Crippen molar-refractivity contribution in [2.45, 2.75) is 0 Å². The first kappa shape index (κ1) is 23.9. The normalized spacial score (nSPS) is 11.2. The van der Waals surface area contributed by atoms with Crippen LogP contribution in [0.25, 0.3) is 6.08 Å². The van der Waals surface area contributed by atoms with Crippen molar-refractivity contribution in [3.8, 4) is 11.5 Å². The summed E-state index contributed by atoms with van der Waals surface area (Å²) in [7, 11) is -0.429. The van der Waals surface area contributed by atoms with Crippen LogP contribution in [0.2, 0.25) is 0 Å². The summed E-state index contributed by atoms with van der Waals surface area (Å²) in [6.07, 6.45) is 1.52. The Hall–Kier alpha value is -3.78. The van der Waals surface area contributed by atoms with Crippen molar-refractivity contribution in [1.29, 1.82) is 0 Å². The first-order valence-corrected chi connectivity index (χ1v) is 11.8. The average molecular weight is 467 g/mol. The topological polar surface area (TPSA) is 84.9 Å². The number of likely N-dealkylation sites (N-methyl/N-ethyl adjacent to an activating group) is 1. The maximum Gasteiger partial charge on any atom is 0.255 e. The molecule has 0 saturated heterocycles. The van der Waals surface area contributed by atoms with Crippen LogP contribution in [0.3, 0.4) is 0 Å². The van der Waals surface area contributed by atoms with E-state index in [2.05, 4.69) is 4.72 Å². The third kappa shape index (κ3) is 7.11. The van der Waals surface area contributed by atoms with Crippen molar-refractivity contribution in [2.24, 2.45) is 0 Å². The molecule has 0 aromatic heterocycles. The van der Waals surface area contributed by atoms with Gasteiger partial charge in [-0.15, -0.1) is 0 Å². The molecule has 0 spiro atoms. The number of rotatable bonds is 10. The molecule has 3 aromatic rings. The highest BCUT2D eigenvalue weighted by atomic mass is 32.2. The number of ether oxygens (including phenoxy) is 2. The van der Waals surface area contributed by atoms with Crippen LogP contribution in [0.15, 0.2) is 84.3 Å². The van der Waals surface area contributed by atoms with Crippen LogP contribution in [0.5, 0.6) is 11.5 Å². The Labute approximate surface area is 194 Å². The lowest BCUT2D eigenvalue weighted by Gasteiger charge is -2.18. The van der Waals surface area contributed by atoms with Gasteiger partial charge in [-0.1, -0.05) is 42.5 Å². The second-order valence-corrected chi connectivity index (χ2v) is 8.73. The van der Waals surface area contributed by atoms with Gasteiger partial charge in [0.15, 0.2) is 11.5 Å². The highest BCUT2D eigenvalue weighted by Crippen LogP contribution is 2.25. The minimum Gasteiger partial charge on any atom is -0.493 e. The molecule has 3 aromatic carbocycles. The number of amides is 1. The van der Waals surface area contributed by atoms with Gasteiger partial charge < -0.3 is 14.4 Å². The van der Waals surface area contributed by atoms with Crippen LogP contribution in [0, 0.1) is 0 Å². The van der Waals surface area contributed by atoms with E-state index in [1.807, 2.05) is 42.5 Å². The van der Waals surface area contributed by atoms with Crippen LogP contribution in [-0.2, 0) is 10.0 Å². The molecule has 7 nitrogen and oxygen atoms in total. The molecule has 3 rings (SSSR count). The third-order valence-electron chi connectivity index (χ3n) is 4.73.